The van der Waals surface area contributed by atoms with Crippen LogP contribution in [0, 0.1) is 15.9 Å². The summed E-state index contributed by atoms with van der Waals surface area (Å²) < 4.78 is 20.3. The van der Waals surface area contributed by atoms with E-state index in [1.807, 2.05) is 6.07 Å². The number of non-ortho nitro benzene ring substituents is 1. The van der Waals surface area contributed by atoms with Crippen molar-refractivity contribution >= 4 is 45.1 Å². The quantitative estimate of drug-likeness (QED) is 0.111. The van der Waals surface area contributed by atoms with Gasteiger partial charge in [-0.3, -0.25) is 10.1 Å². The van der Waals surface area contributed by atoms with Gasteiger partial charge in [0.1, 0.15) is 18.2 Å². The monoisotopic (exact) mass is 504 g/mol. The van der Waals surface area contributed by atoms with Crippen LogP contribution in [0.1, 0.15) is 15.9 Å². The van der Waals surface area contributed by atoms with Gasteiger partial charge >= 0.3 is 5.97 Å². The summed E-state index contributed by atoms with van der Waals surface area (Å²) in [4.78, 5) is 29.6. The largest absolute Gasteiger partial charge is 0.423 e. The lowest BCUT2D eigenvalue weighted by molar-refractivity contribution is -0.384. The molecule has 0 radical (unpaired) electrons. The number of halogens is 2. The van der Waals surface area contributed by atoms with Crippen LogP contribution >= 0.6 is 11.6 Å². The first-order chi connectivity index (χ1) is 17.4. The van der Waals surface area contributed by atoms with E-state index in [-0.39, 0.29) is 17.3 Å². The van der Waals surface area contributed by atoms with Gasteiger partial charge in [0.15, 0.2) is 0 Å². The van der Waals surface area contributed by atoms with Crippen LogP contribution in [0.15, 0.2) is 84.9 Å². The lowest BCUT2D eigenvalue weighted by atomic mass is 10.1. The Balaban J connectivity index is 1.49. The summed E-state index contributed by atoms with van der Waals surface area (Å²) in [6.07, 6.45) is 0.552. The Labute approximate surface area is 209 Å². The number of carbonyl (C=O) groups is 1. The number of esters is 1. The Morgan fingerprint density at radius 2 is 1.72 bits per heavy atom. The van der Waals surface area contributed by atoms with Gasteiger partial charge in [-0.05, 0) is 60.2 Å². The van der Waals surface area contributed by atoms with E-state index < -0.39 is 10.9 Å². The molecule has 1 aromatic heterocycles. The summed E-state index contributed by atoms with van der Waals surface area (Å²) in [5.41, 5.74) is 2.47. The van der Waals surface area contributed by atoms with E-state index in [9.17, 15) is 19.3 Å². The third-order valence-electron chi connectivity index (χ3n) is 5.71. The molecule has 36 heavy (non-hydrogen) atoms. The number of nitro benzene ring substituents is 1. The van der Waals surface area contributed by atoms with Crippen LogP contribution in [0.3, 0.4) is 0 Å². The zero-order valence-corrected chi connectivity index (χ0v) is 19.4. The number of fused-ring (bicyclic) bond motifs is 3. The van der Waals surface area contributed by atoms with Gasteiger partial charge in [0.05, 0.1) is 21.5 Å². The van der Waals surface area contributed by atoms with E-state index in [0.29, 0.717) is 45.4 Å². The van der Waals surface area contributed by atoms with Gasteiger partial charge in [-0.2, -0.15) is 4.73 Å². The molecule has 7 nitrogen and oxygen atoms in total. The van der Waals surface area contributed by atoms with E-state index in [0.717, 1.165) is 5.56 Å². The minimum Gasteiger partial charge on any atom is -0.423 e. The summed E-state index contributed by atoms with van der Waals surface area (Å²) >= 11 is 6.28. The Kier molecular flexibility index (Phi) is 6.26. The molecule has 0 amide bonds. The number of nitrogens with zero attached hydrogens (tertiary/aromatic N) is 2. The van der Waals surface area contributed by atoms with Crippen LogP contribution in [0.5, 0.6) is 5.75 Å². The molecule has 0 aliphatic carbocycles. The third kappa shape index (κ3) is 4.58. The Hall–Kier alpha value is -4.43. The average molecular weight is 505 g/mol. The number of aromatic nitrogens is 1. The first kappa shape index (κ1) is 23.3. The maximum atomic E-state index is 13.2. The van der Waals surface area contributed by atoms with Crippen LogP contribution in [0.4, 0.5) is 10.1 Å². The van der Waals surface area contributed by atoms with E-state index in [1.54, 1.807) is 47.2 Å². The number of hydrogen-bond acceptors (Lipinski definition) is 5. The van der Waals surface area contributed by atoms with Crippen molar-refractivity contribution in [2.75, 3.05) is 6.61 Å². The molecule has 5 aromatic rings. The Morgan fingerprint density at radius 1 is 0.972 bits per heavy atom. The second-order valence-corrected chi connectivity index (χ2v) is 8.44. The minimum absolute atomic E-state index is 0.104. The van der Waals surface area contributed by atoms with Crippen LogP contribution in [-0.4, -0.2) is 22.2 Å². The predicted molar refractivity (Wildman–Crippen MR) is 134 cm³/mol. The first-order valence-corrected chi connectivity index (χ1v) is 11.4. The van der Waals surface area contributed by atoms with E-state index in [1.165, 1.54) is 36.4 Å². The van der Waals surface area contributed by atoms with Crippen LogP contribution in [0.2, 0.25) is 5.02 Å². The van der Waals surface area contributed by atoms with Crippen LogP contribution in [-0.2, 0) is 6.42 Å². The van der Waals surface area contributed by atoms with Gasteiger partial charge in [0.2, 0.25) is 0 Å². The molecule has 0 spiro atoms. The number of benzene rings is 4. The molecule has 0 N–H and O–H groups in total. The molecular weight excluding hydrogens is 487 g/mol. The molecule has 9 heteroatoms. The van der Waals surface area contributed by atoms with Crippen molar-refractivity contribution in [3.63, 3.8) is 0 Å². The van der Waals surface area contributed by atoms with Crippen molar-refractivity contribution in [2.24, 2.45) is 0 Å². The molecule has 5 rings (SSSR count). The topological polar surface area (TPSA) is 83.6 Å². The molecule has 0 bridgehead atoms. The molecule has 0 atom stereocenters. The van der Waals surface area contributed by atoms with E-state index in [2.05, 4.69) is 0 Å². The molecule has 0 aliphatic rings. The van der Waals surface area contributed by atoms with Gasteiger partial charge in [0, 0.05) is 34.3 Å². The maximum Gasteiger partial charge on any atom is 0.344 e. The summed E-state index contributed by atoms with van der Waals surface area (Å²) in [6, 6.07) is 22.0. The highest BCUT2D eigenvalue weighted by Gasteiger charge is 2.20. The second kappa shape index (κ2) is 9.67. The first-order valence-electron chi connectivity index (χ1n) is 11.0. The molecule has 0 unspecified atom stereocenters. The lowest BCUT2D eigenvalue weighted by Gasteiger charge is -2.10. The normalized spacial score (nSPS) is 11.1. The minimum atomic E-state index is -0.625. The van der Waals surface area contributed by atoms with Crippen molar-refractivity contribution in [2.45, 2.75) is 6.42 Å². The molecule has 4 aromatic carbocycles. The SMILES string of the molecule is O=C(Oc1ccc([N+](=O)[O-])cc1)c1cccc2c1c1cc(Cl)ccc1n2OCCc1ccc(F)cc1. The van der Waals surface area contributed by atoms with E-state index >= 15 is 0 Å². The number of ether oxygens (including phenoxy) is 1. The number of hydrogen-bond donors (Lipinski definition) is 0. The molecule has 0 aliphatic heterocycles. The number of rotatable bonds is 7. The van der Waals surface area contributed by atoms with Gasteiger partial charge in [-0.1, -0.05) is 29.8 Å². The summed E-state index contributed by atoms with van der Waals surface area (Å²) in [7, 11) is 0. The lowest BCUT2D eigenvalue weighted by Crippen LogP contribution is -2.14. The zero-order chi connectivity index (χ0) is 25.2. The van der Waals surface area contributed by atoms with Crippen LogP contribution < -0.4 is 9.57 Å². The summed E-state index contributed by atoms with van der Waals surface area (Å²) in [5.74, 6) is -0.744. The highest BCUT2D eigenvalue weighted by Crippen LogP contribution is 2.33. The summed E-state index contributed by atoms with van der Waals surface area (Å²) in [6.45, 7) is 0.310. The fourth-order valence-electron chi connectivity index (χ4n) is 4.02. The molecule has 0 fully saturated rings. The molecular formula is C27H18ClFN2O5. The number of carbonyl (C=O) groups excluding carboxylic acids is 1. The van der Waals surface area contributed by atoms with Crippen molar-refractivity contribution in [3.8, 4) is 5.75 Å². The van der Waals surface area contributed by atoms with E-state index in [4.69, 9.17) is 21.2 Å². The second-order valence-electron chi connectivity index (χ2n) is 8.01. The Bertz CT molecular complexity index is 1600. The maximum absolute atomic E-state index is 13.2. The predicted octanol–water partition coefficient (Wildman–Crippen LogP) is 6.39. The van der Waals surface area contributed by atoms with Gasteiger partial charge in [0.25, 0.3) is 5.69 Å². The van der Waals surface area contributed by atoms with Gasteiger partial charge in [-0.25, -0.2) is 9.18 Å². The average Bonchev–Trinajstić information content (AvgIpc) is 3.18. The molecule has 1 heterocycles. The Morgan fingerprint density at radius 3 is 2.44 bits per heavy atom. The third-order valence-corrected chi connectivity index (χ3v) is 5.95. The fourth-order valence-corrected chi connectivity index (χ4v) is 4.19. The van der Waals surface area contributed by atoms with Crippen molar-refractivity contribution in [1.82, 2.24) is 4.73 Å². The summed E-state index contributed by atoms with van der Waals surface area (Å²) in [5, 5.41) is 12.7. The highest BCUT2D eigenvalue weighted by atomic mass is 35.5. The van der Waals surface area contributed by atoms with Crippen molar-refractivity contribution in [3.05, 3.63) is 117 Å². The van der Waals surface area contributed by atoms with Crippen molar-refractivity contribution in [1.29, 1.82) is 0 Å². The van der Waals surface area contributed by atoms with Crippen LogP contribution in [0.25, 0.3) is 21.8 Å². The molecule has 0 saturated heterocycles. The molecule has 0 saturated carbocycles. The number of nitro groups is 1. The molecule has 180 valence electrons. The standard InChI is InChI=1S/C27H18ClFN2O5/c28-18-6-13-24-23(16-18)26-22(27(32)36-21-11-9-20(10-12-21)31(33)34)2-1-3-25(26)30(24)35-15-14-17-4-7-19(29)8-5-17/h1-13,16H,14-15H2. The zero-order valence-electron chi connectivity index (χ0n) is 18.7. The van der Waals surface area contributed by atoms with Crippen molar-refractivity contribution < 1.29 is 23.7 Å². The highest BCUT2D eigenvalue weighted by molar-refractivity contribution is 6.32. The van der Waals surface area contributed by atoms with Gasteiger partial charge < -0.3 is 9.57 Å². The smallest absolute Gasteiger partial charge is 0.344 e. The fraction of sp³-hybridized carbons (Fsp3) is 0.0741. The van der Waals surface area contributed by atoms with Gasteiger partial charge in [-0.15, -0.1) is 0 Å².